The van der Waals surface area contributed by atoms with Gasteiger partial charge in [-0.2, -0.15) is 5.10 Å². The van der Waals surface area contributed by atoms with E-state index in [1.165, 1.54) is 18.4 Å². The van der Waals surface area contributed by atoms with Crippen molar-refractivity contribution in [3.63, 3.8) is 0 Å². The molecule has 3 rings (SSSR count). The fourth-order valence-corrected chi connectivity index (χ4v) is 4.65. The van der Waals surface area contributed by atoms with E-state index >= 15 is 0 Å². The lowest BCUT2D eigenvalue weighted by molar-refractivity contribution is 0.0597. The number of benzene rings is 1. The number of hydrogen-bond acceptors (Lipinski definition) is 4. The Bertz CT molecular complexity index is 734. The number of aryl methyl sites for hydroxylation is 1. The molecule has 1 fully saturated rings. The summed E-state index contributed by atoms with van der Waals surface area (Å²) >= 11 is 6.24. The van der Waals surface area contributed by atoms with Crippen LogP contribution in [0.5, 0.6) is 0 Å². The molecule has 0 saturated carbocycles. The van der Waals surface area contributed by atoms with E-state index in [1.54, 1.807) is 0 Å². The minimum atomic E-state index is -0.577. The fraction of sp³-hybridized carbons (Fsp3) is 0.571. The number of piperidine rings is 1. The average Bonchev–Trinajstić information content (AvgIpc) is 3.07. The molecule has 148 valence electrons. The number of hydrogen-bond donors (Lipinski definition) is 1. The molecule has 0 amide bonds. The van der Waals surface area contributed by atoms with Gasteiger partial charge in [-0.25, -0.2) is 0 Å². The number of aromatic nitrogens is 2. The van der Waals surface area contributed by atoms with E-state index in [4.69, 9.17) is 11.6 Å². The summed E-state index contributed by atoms with van der Waals surface area (Å²) in [5, 5.41) is 15.7. The highest BCUT2D eigenvalue weighted by molar-refractivity contribution is 6.31. The Morgan fingerprint density at radius 1 is 1.37 bits per heavy atom. The Balaban J connectivity index is 1.69. The van der Waals surface area contributed by atoms with Crippen LogP contribution in [0.2, 0.25) is 5.02 Å². The van der Waals surface area contributed by atoms with Gasteiger partial charge in [0, 0.05) is 48.5 Å². The minimum Gasteiger partial charge on any atom is -0.387 e. The van der Waals surface area contributed by atoms with Crippen LogP contribution in [0.15, 0.2) is 36.7 Å². The smallest absolute Gasteiger partial charge is 0.0931 e. The standard InChI is InChI=1S/C21H31ClN4O/c1-4-26-11-7-8-16(21(26)17-12-23-25(3)14-17)13-24(2)15-20(27)18-9-5-6-10-19(18)22/h5-6,9-10,12,14,16,20-21,27H,4,7-8,11,13,15H2,1-3H3/t16-,20?,21+/m0/s1. The normalized spacial score (nSPS) is 22.3. The third-order valence-corrected chi connectivity index (χ3v) is 5.97. The van der Waals surface area contributed by atoms with Gasteiger partial charge >= 0.3 is 0 Å². The topological polar surface area (TPSA) is 44.5 Å². The highest BCUT2D eigenvalue weighted by Crippen LogP contribution is 2.36. The summed E-state index contributed by atoms with van der Waals surface area (Å²) in [6.07, 6.45) is 5.99. The van der Waals surface area contributed by atoms with Gasteiger partial charge in [0.05, 0.1) is 12.3 Å². The summed E-state index contributed by atoms with van der Waals surface area (Å²) in [5.41, 5.74) is 2.10. The van der Waals surface area contributed by atoms with Crippen molar-refractivity contribution in [3.05, 3.63) is 52.8 Å². The minimum absolute atomic E-state index is 0.386. The van der Waals surface area contributed by atoms with Gasteiger partial charge in [-0.15, -0.1) is 0 Å². The first kappa shape index (κ1) is 20.3. The van der Waals surface area contributed by atoms with Crippen molar-refractivity contribution in [3.8, 4) is 0 Å². The first-order valence-electron chi connectivity index (χ1n) is 9.83. The zero-order valence-electron chi connectivity index (χ0n) is 16.6. The van der Waals surface area contributed by atoms with Crippen LogP contribution >= 0.6 is 11.6 Å². The molecule has 0 radical (unpaired) electrons. The summed E-state index contributed by atoms with van der Waals surface area (Å²) in [5.74, 6) is 0.520. The number of aliphatic hydroxyl groups is 1. The Morgan fingerprint density at radius 2 is 2.15 bits per heavy atom. The van der Waals surface area contributed by atoms with Gasteiger partial charge in [0.2, 0.25) is 0 Å². The molecule has 27 heavy (non-hydrogen) atoms. The monoisotopic (exact) mass is 390 g/mol. The maximum atomic E-state index is 10.6. The van der Waals surface area contributed by atoms with Crippen LogP contribution in [0.3, 0.4) is 0 Å². The molecule has 1 aromatic heterocycles. The number of likely N-dealkylation sites (tertiary alicyclic amines) is 1. The van der Waals surface area contributed by atoms with Crippen LogP contribution in [-0.2, 0) is 7.05 Å². The van der Waals surface area contributed by atoms with Gasteiger partial charge < -0.3 is 10.0 Å². The third-order valence-electron chi connectivity index (χ3n) is 5.63. The number of halogens is 1. The second kappa shape index (κ2) is 9.20. The van der Waals surface area contributed by atoms with Crippen LogP contribution in [0, 0.1) is 5.92 Å². The lowest BCUT2D eigenvalue weighted by atomic mass is 9.85. The SMILES string of the molecule is CCN1CCC[C@@H](CN(C)CC(O)c2ccccc2Cl)[C@@H]1c1cnn(C)c1. The van der Waals surface area contributed by atoms with Gasteiger partial charge in [-0.05, 0) is 45.0 Å². The molecule has 0 aliphatic carbocycles. The van der Waals surface area contributed by atoms with E-state index in [0.29, 0.717) is 23.5 Å². The number of likely N-dealkylation sites (N-methyl/N-ethyl adjacent to an activating group) is 1. The predicted octanol–water partition coefficient (Wildman–Crippen LogP) is 3.51. The molecule has 6 heteroatoms. The summed E-state index contributed by atoms with van der Waals surface area (Å²) in [4.78, 5) is 4.80. The van der Waals surface area contributed by atoms with Gasteiger partial charge in [-0.3, -0.25) is 9.58 Å². The summed E-state index contributed by atoms with van der Waals surface area (Å²) in [6.45, 7) is 5.93. The molecule has 2 heterocycles. The third kappa shape index (κ3) is 4.91. The van der Waals surface area contributed by atoms with Crippen molar-refractivity contribution in [2.45, 2.75) is 31.9 Å². The van der Waals surface area contributed by atoms with E-state index in [1.807, 2.05) is 42.2 Å². The first-order valence-corrected chi connectivity index (χ1v) is 10.2. The molecule has 0 bridgehead atoms. The van der Waals surface area contributed by atoms with Crippen LogP contribution in [0.4, 0.5) is 0 Å². The number of aliphatic hydroxyl groups excluding tert-OH is 1. The quantitative estimate of drug-likeness (QED) is 0.785. The largest absolute Gasteiger partial charge is 0.387 e. The van der Waals surface area contributed by atoms with Crippen LogP contribution < -0.4 is 0 Å². The van der Waals surface area contributed by atoms with Crippen LogP contribution in [0.25, 0.3) is 0 Å². The van der Waals surface area contributed by atoms with Gasteiger partial charge in [0.25, 0.3) is 0 Å². The van der Waals surface area contributed by atoms with Crippen molar-refractivity contribution in [1.29, 1.82) is 0 Å². The van der Waals surface area contributed by atoms with E-state index < -0.39 is 6.10 Å². The second-order valence-electron chi connectivity index (χ2n) is 7.68. The predicted molar refractivity (Wildman–Crippen MR) is 110 cm³/mol. The molecule has 2 aromatic rings. The maximum Gasteiger partial charge on any atom is 0.0931 e. The first-order chi connectivity index (χ1) is 13.0. The highest BCUT2D eigenvalue weighted by atomic mass is 35.5. The Morgan fingerprint density at radius 3 is 2.81 bits per heavy atom. The van der Waals surface area contributed by atoms with Crippen molar-refractivity contribution >= 4 is 11.6 Å². The van der Waals surface area contributed by atoms with Crippen LogP contribution in [0.1, 0.15) is 43.0 Å². The molecule has 0 spiro atoms. The Kier molecular flexibility index (Phi) is 6.93. The molecule has 1 N–H and O–H groups in total. The maximum absolute atomic E-state index is 10.6. The van der Waals surface area contributed by atoms with Gasteiger partial charge in [-0.1, -0.05) is 36.7 Å². The van der Waals surface area contributed by atoms with Crippen molar-refractivity contribution < 1.29 is 5.11 Å². The lowest BCUT2D eigenvalue weighted by Gasteiger charge is -2.42. The zero-order chi connectivity index (χ0) is 19.4. The number of rotatable bonds is 7. The molecule has 1 aliphatic heterocycles. The summed E-state index contributed by atoms with van der Waals surface area (Å²) in [6, 6.07) is 7.93. The Hall–Kier alpha value is -1.40. The van der Waals surface area contributed by atoms with Crippen molar-refractivity contribution in [2.24, 2.45) is 13.0 Å². The zero-order valence-corrected chi connectivity index (χ0v) is 17.3. The van der Waals surface area contributed by atoms with Gasteiger partial charge in [0.15, 0.2) is 0 Å². The molecule has 3 atom stereocenters. The summed E-state index contributed by atoms with van der Waals surface area (Å²) < 4.78 is 1.89. The molecule has 1 aliphatic rings. The average molecular weight is 391 g/mol. The fourth-order valence-electron chi connectivity index (χ4n) is 4.39. The van der Waals surface area contributed by atoms with E-state index in [-0.39, 0.29) is 0 Å². The lowest BCUT2D eigenvalue weighted by Crippen LogP contribution is -2.43. The number of nitrogens with zero attached hydrogens (tertiary/aromatic N) is 4. The van der Waals surface area contributed by atoms with E-state index in [2.05, 4.69) is 35.1 Å². The molecule has 1 aromatic carbocycles. The molecule has 5 nitrogen and oxygen atoms in total. The molecule has 1 unspecified atom stereocenters. The van der Waals surface area contributed by atoms with Gasteiger partial charge in [0.1, 0.15) is 0 Å². The second-order valence-corrected chi connectivity index (χ2v) is 8.09. The van der Waals surface area contributed by atoms with Crippen molar-refractivity contribution in [1.82, 2.24) is 19.6 Å². The molecular formula is C21H31ClN4O. The van der Waals surface area contributed by atoms with Crippen LogP contribution in [-0.4, -0.2) is 57.9 Å². The Labute approximate surface area is 167 Å². The van der Waals surface area contributed by atoms with Crippen molar-refractivity contribution in [2.75, 3.05) is 33.2 Å². The molecular weight excluding hydrogens is 360 g/mol. The summed E-state index contributed by atoms with van der Waals surface area (Å²) in [7, 11) is 4.06. The van der Waals surface area contributed by atoms with E-state index in [9.17, 15) is 5.11 Å². The van der Waals surface area contributed by atoms with E-state index in [0.717, 1.165) is 25.2 Å². The highest BCUT2D eigenvalue weighted by Gasteiger charge is 2.33. The molecule has 1 saturated heterocycles.